The van der Waals surface area contributed by atoms with Crippen LogP contribution >= 0.6 is 0 Å². The number of imide groups is 1. The van der Waals surface area contributed by atoms with Gasteiger partial charge < -0.3 is 0 Å². The van der Waals surface area contributed by atoms with Crippen molar-refractivity contribution in [2.24, 2.45) is 5.92 Å². The largest absolute Gasteiger partial charge is 0.275 e. The van der Waals surface area contributed by atoms with Gasteiger partial charge in [-0.1, -0.05) is 60.7 Å². The first-order valence-electron chi connectivity index (χ1n) is 10.2. The average molecular weight is 429 g/mol. The van der Waals surface area contributed by atoms with Crippen LogP contribution in [0.15, 0.2) is 84.9 Å². The van der Waals surface area contributed by atoms with Crippen LogP contribution in [0.2, 0.25) is 0 Å². The molecule has 0 aromatic heterocycles. The third kappa shape index (κ3) is 3.30. The number of benzene rings is 3. The smallest absolute Gasteiger partial charge is 0.269 e. The summed E-state index contributed by atoms with van der Waals surface area (Å²) in [7, 11) is 0. The number of hydroxylamine groups is 1. The molecule has 0 bridgehead atoms. The van der Waals surface area contributed by atoms with Crippen molar-refractivity contribution in [3.63, 3.8) is 0 Å². The van der Waals surface area contributed by atoms with Gasteiger partial charge in [0, 0.05) is 12.1 Å². The maximum atomic E-state index is 13.4. The second kappa shape index (κ2) is 7.90. The van der Waals surface area contributed by atoms with E-state index >= 15 is 0 Å². The molecule has 2 aliphatic rings. The first-order valence-corrected chi connectivity index (χ1v) is 10.2. The number of nitrogens with zero attached hydrogens (tertiary/aromatic N) is 3. The molecular weight excluding hydrogens is 410 g/mol. The van der Waals surface area contributed by atoms with Crippen LogP contribution in [0.3, 0.4) is 0 Å². The lowest BCUT2D eigenvalue weighted by Gasteiger charge is -2.28. The Morgan fingerprint density at radius 3 is 2.25 bits per heavy atom. The molecule has 8 nitrogen and oxygen atoms in total. The molecule has 2 aliphatic heterocycles. The summed E-state index contributed by atoms with van der Waals surface area (Å²) in [4.78, 5) is 44.8. The van der Waals surface area contributed by atoms with Crippen LogP contribution in [-0.4, -0.2) is 27.7 Å². The number of hydrogen-bond donors (Lipinski definition) is 0. The van der Waals surface area contributed by atoms with Gasteiger partial charge in [-0.2, -0.15) is 0 Å². The summed E-state index contributed by atoms with van der Waals surface area (Å²) in [5.41, 5.74) is 1.95. The molecule has 0 spiro atoms. The van der Waals surface area contributed by atoms with Crippen molar-refractivity contribution in [2.45, 2.75) is 18.7 Å². The monoisotopic (exact) mass is 429 g/mol. The molecule has 2 heterocycles. The maximum absolute atomic E-state index is 13.4. The summed E-state index contributed by atoms with van der Waals surface area (Å²) in [6.07, 6.45) is -0.990. The summed E-state index contributed by atoms with van der Waals surface area (Å²) in [6, 6.07) is 23.8. The number of anilines is 1. The van der Waals surface area contributed by atoms with E-state index in [4.69, 9.17) is 4.84 Å². The Morgan fingerprint density at radius 1 is 0.875 bits per heavy atom. The molecule has 2 amide bonds. The zero-order valence-corrected chi connectivity index (χ0v) is 16.9. The van der Waals surface area contributed by atoms with E-state index in [0.29, 0.717) is 11.3 Å². The highest BCUT2D eigenvalue weighted by atomic mass is 16.7. The molecule has 2 fully saturated rings. The average Bonchev–Trinajstić information content (AvgIpc) is 3.32. The van der Waals surface area contributed by atoms with Gasteiger partial charge in [0.25, 0.3) is 11.6 Å². The van der Waals surface area contributed by atoms with Crippen LogP contribution < -0.4 is 5.06 Å². The van der Waals surface area contributed by atoms with E-state index in [0.717, 1.165) is 5.56 Å². The minimum absolute atomic E-state index is 0.0862. The lowest BCUT2D eigenvalue weighted by molar-refractivity contribution is -0.384. The number of non-ortho nitro benzene ring substituents is 1. The molecule has 2 saturated heterocycles. The van der Waals surface area contributed by atoms with Crippen LogP contribution in [0.5, 0.6) is 0 Å². The van der Waals surface area contributed by atoms with Gasteiger partial charge in [0.1, 0.15) is 5.92 Å². The number of amides is 2. The van der Waals surface area contributed by atoms with Gasteiger partial charge in [-0.3, -0.25) is 29.4 Å². The van der Waals surface area contributed by atoms with E-state index in [2.05, 4.69) is 0 Å². The fourth-order valence-electron chi connectivity index (χ4n) is 4.35. The summed E-state index contributed by atoms with van der Waals surface area (Å²) in [5.74, 6) is -1.56. The number of para-hydroxylation sites is 1. The second-order valence-corrected chi connectivity index (χ2v) is 7.76. The van der Waals surface area contributed by atoms with Crippen molar-refractivity contribution in [1.82, 2.24) is 4.90 Å². The Hall–Kier alpha value is -4.04. The fourth-order valence-corrected chi connectivity index (χ4v) is 4.35. The van der Waals surface area contributed by atoms with Gasteiger partial charge in [0.15, 0.2) is 6.10 Å². The van der Waals surface area contributed by atoms with Gasteiger partial charge in [-0.05, 0) is 23.3 Å². The maximum Gasteiger partial charge on any atom is 0.269 e. The third-order valence-corrected chi connectivity index (χ3v) is 5.82. The molecule has 160 valence electrons. The highest BCUT2D eigenvalue weighted by Gasteiger charge is 2.59. The summed E-state index contributed by atoms with van der Waals surface area (Å²) in [6.45, 7) is 0.155. The quantitative estimate of drug-likeness (QED) is 0.349. The zero-order chi connectivity index (χ0) is 22.2. The fraction of sp³-hybridized carbons (Fsp3) is 0.167. The van der Waals surface area contributed by atoms with Crippen LogP contribution in [0.4, 0.5) is 11.4 Å². The zero-order valence-electron chi connectivity index (χ0n) is 16.9. The first kappa shape index (κ1) is 19.9. The predicted octanol–water partition coefficient (Wildman–Crippen LogP) is 3.64. The molecule has 32 heavy (non-hydrogen) atoms. The molecule has 0 aliphatic carbocycles. The number of rotatable bonds is 5. The number of likely N-dealkylation sites (tertiary alicyclic amines) is 1. The van der Waals surface area contributed by atoms with E-state index in [1.54, 1.807) is 12.1 Å². The van der Waals surface area contributed by atoms with Gasteiger partial charge >= 0.3 is 0 Å². The lowest BCUT2D eigenvalue weighted by Crippen LogP contribution is -2.36. The van der Waals surface area contributed by atoms with Gasteiger partial charge in [-0.25, -0.2) is 5.06 Å². The molecule has 0 radical (unpaired) electrons. The van der Waals surface area contributed by atoms with Crippen LogP contribution in [0.1, 0.15) is 17.2 Å². The number of carbonyl (C=O) groups is 2. The highest BCUT2D eigenvalue weighted by Crippen LogP contribution is 2.47. The SMILES string of the molecule is O=C1[C@H]2[C@@H](ON(c3ccccc3)[C@H]2c2cccc([N+](=O)[O-])c2)C(=O)N1Cc1ccccc1. The van der Waals surface area contributed by atoms with Gasteiger partial charge in [-0.15, -0.1) is 0 Å². The first-order chi connectivity index (χ1) is 15.5. The molecule has 0 saturated carbocycles. The Morgan fingerprint density at radius 2 is 1.56 bits per heavy atom. The standard InChI is InChI=1S/C24H19N3O5/c28-23-20-21(17-10-7-13-19(14-17)27(30)31)26(18-11-5-2-6-12-18)32-22(20)24(29)25(23)15-16-8-3-1-4-9-16/h1-14,20-22H,15H2/t20-,21+,22-/m1/s1. The number of hydrogen-bond acceptors (Lipinski definition) is 6. The van der Waals surface area contributed by atoms with Crippen LogP contribution in [0, 0.1) is 16.0 Å². The summed E-state index contributed by atoms with van der Waals surface area (Å²) >= 11 is 0. The Labute approximate surface area is 183 Å². The Bertz CT molecular complexity index is 1180. The highest BCUT2D eigenvalue weighted by molar-refractivity contribution is 6.07. The van der Waals surface area contributed by atoms with Crippen LogP contribution in [-0.2, 0) is 21.0 Å². The van der Waals surface area contributed by atoms with Crippen LogP contribution in [0.25, 0.3) is 0 Å². The molecule has 0 unspecified atom stereocenters. The summed E-state index contributed by atoms with van der Waals surface area (Å²) < 4.78 is 0. The third-order valence-electron chi connectivity index (χ3n) is 5.82. The summed E-state index contributed by atoms with van der Waals surface area (Å²) in [5, 5.41) is 12.9. The molecule has 5 rings (SSSR count). The van der Waals surface area contributed by atoms with Gasteiger partial charge in [0.2, 0.25) is 5.91 Å². The molecule has 8 heteroatoms. The van der Waals surface area contributed by atoms with Crippen molar-refractivity contribution >= 4 is 23.2 Å². The minimum atomic E-state index is -0.990. The van der Waals surface area contributed by atoms with E-state index < -0.39 is 28.9 Å². The molecular formula is C24H19N3O5. The Balaban J connectivity index is 1.55. The normalized spacial score (nSPS) is 22.3. The van der Waals surface area contributed by atoms with E-state index in [1.165, 1.54) is 22.1 Å². The van der Waals surface area contributed by atoms with E-state index in [-0.39, 0.29) is 18.1 Å². The van der Waals surface area contributed by atoms with Crippen molar-refractivity contribution in [3.05, 3.63) is 106 Å². The van der Waals surface area contributed by atoms with Crippen molar-refractivity contribution in [1.29, 1.82) is 0 Å². The minimum Gasteiger partial charge on any atom is -0.275 e. The van der Waals surface area contributed by atoms with Crippen molar-refractivity contribution in [3.8, 4) is 0 Å². The van der Waals surface area contributed by atoms with E-state index in [1.807, 2.05) is 60.7 Å². The Kier molecular flexibility index (Phi) is 4.91. The molecule has 3 aromatic carbocycles. The molecule has 3 aromatic rings. The predicted molar refractivity (Wildman–Crippen MR) is 115 cm³/mol. The van der Waals surface area contributed by atoms with Gasteiger partial charge in [0.05, 0.1) is 23.2 Å². The van der Waals surface area contributed by atoms with E-state index in [9.17, 15) is 19.7 Å². The van der Waals surface area contributed by atoms with Crippen molar-refractivity contribution in [2.75, 3.05) is 5.06 Å². The number of fused-ring (bicyclic) bond motifs is 1. The molecule has 0 N–H and O–H groups in total. The number of nitro benzene ring substituents is 1. The molecule has 3 atom stereocenters. The van der Waals surface area contributed by atoms with Crippen molar-refractivity contribution < 1.29 is 19.3 Å². The lowest BCUT2D eigenvalue weighted by atomic mass is 9.90. The number of nitro groups is 1. The topological polar surface area (TPSA) is 93.0 Å². The number of carbonyl (C=O) groups excluding carboxylic acids is 2. The second-order valence-electron chi connectivity index (χ2n) is 7.76.